The van der Waals surface area contributed by atoms with Crippen molar-refractivity contribution < 1.29 is 0 Å². The minimum Gasteiger partial charge on any atom is -0.330 e. The average Bonchev–Trinajstić information content (AvgIpc) is 2.69. The van der Waals surface area contributed by atoms with E-state index in [1.54, 1.807) is 0 Å². The van der Waals surface area contributed by atoms with Crippen LogP contribution in [-0.4, -0.2) is 23.5 Å². The van der Waals surface area contributed by atoms with Gasteiger partial charge in [-0.1, -0.05) is 30.3 Å². The molecule has 2 atom stereocenters. The van der Waals surface area contributed by atoms with Gasteiger partial charge in [0.15, 0.2) is 0 Å². The minimum atomic E-state index is 0.835. The summed E-state index contributed by atoms with van der Waals surface area (Å²) in [6.07, 6.45) is 8.20. The molecule has 2 heteroatoms. The van der Waals surface area contributed by atoms with Crippen LogP contribution in [0.1, 0.15) is 44.1 Å². The molecule has 0 aliphatic carbocycles. The second-order valence-electron chi connectivity index (χ2n) is 6.31. The lowest BCUT2D eigenvalue weighted by atomic mass is 9.87. The van der Waals surface area contributed by atoms with Gasteiger partial charge in [0, 0.05) is 18.6 Å². The number of hydrogen-bond donors (Lipinski definition) is 1. The monoisotopic (exact) mass is 258 g/mol. The molecule has 2 saturated heterocycles. The quantitative estimate of drug-likeness (QED) is 0.879. The fraction of sp³-hybridized carbons (Fsp3) is 0.647. The van der Waals surface area contributed by atoms with Crippen LogP contribution < -0.4 is 5.73 Å². The van der Waals surface area contributed by atoms with Crippen molar-refractivity contribution in [1.82, 2.24) is 4.90 Å². The van der Waals surface area contributed by atoms with Crippen molar-refractivity contribution in [2.75, 3.05) is 6.54 Å². The van der Waals surface area contributed by atoms with Crippen LogP contribution >= 0.6 is 0 Å². The number of fused-ring (bicyclic) bond motifs is 2. The number of benzene rings is 1. The summed E-state index contributed by atoms with van der Waals surface area (Å²) in [4.78, 5) is 2.77. The summed E-state index contributed by atoms with van der Waals surface area (Å²) in [5.74, 6) is 0.938. The van der Waals surface area contributed by atoms with E-state index >= 15 is 0 Å². The summed E-state index contributed by atoms with van der Waals surface area (Å²) in [7, 11) is 0. The van der Waals surface area contributed by atoms with Crippen LogP contribution in [0.25, 0.3) is 0 Å². The van der Waals surface area contributed by atoms with Crippen LogP contribution in [-0.2, 0) is 6.54 Å². The maximum Gasteiger partial charge on any atom is 0.0239 e. The van der Waals surface area contributed by atoms with Gasteiger partial charge in [0.1, 0.15) is 0 Å². The van der Waals surface area contributed by atoms with Crippen molar-refractivity contribution in [3.63, 3.8) is 0 Å². The smallest absolute Gasteiger partial charge is 0.0239 e. The van der Waals surface area contributed by atoms with Gasteiger partial charge in [0.2, 0.25) is 0 Å². The Morgan fingerprint density at radius 3 is 2.37 bits per heavy atom. The molecule has 3 rings (SSSR count). The first-order valence-electron chi connectivity index (χ1n) is 7.86. The van der Waals surface area contributed by atoms with Gasteiger partial charge in [-0.05, 0) is 56.6 Å². The average molecular weight is 258 g/mol. The van der Waals surface area contributed by atoms with Crippen LogP contribution in [0.5, 0.6) is 0 Å². The van der Waals surface area contributed by atoms with E-state index in [1.807, 2.05) is 0 Å². The van der Waals surface area contributed by atoms with Crippen LogP contribution in [0, 0.1) is 5.92 Å². The van der Waals surface area contributed by atoms with E-state index in [0.717, 1.165) is 31.1 Å². The Kier molecular flexibility index (Phi) is 4.19. The third kappa shape index (κ3) is 3.01. The molecule has 1 aromatic carbocycles. The Balaban J connectivity index is 1.60. The standard InChI is InChI=1S/C17H26N2/c18-10-4-7-15-11-16-8-9-17(12-15)19(16)13-14-5-2-1-3-6-14/h1-3,5-6,15-17H,4,7-13,18H2. The molecule has 2 aliphatic heterocycles. The van der Waals surface area contributed by atoms with E-state index in [-0.39, 0.29) is 0 Å². The summed E-state index contributed by atoms with van der Waals surface area (Å²) in [5.41, 5.74) is 7.12. The molecular formula is C17H26N2. The maximum atomic E-state index is 5.65. The van der Waals surface area contributed by atoms with Crippen LogP contribution in [0.3, 0.4) is 0 Å². The zero-order valence-corrected chi connectivity index (χ0v) is 11.8. The Bertz CT molecular complexity index is 376. The Hall–Kier alpha value is -0.860. The number of nitrogens with two attached hydrogens (primary N) is 1. The van der Waals surface area contributed by atoms with Gasteiger partial charge < -0.3 is 5.73 Å². The molecule has 2 heterocycles. The molecule has 2 aliphatic rings. The van der Waals surface area contributed by atoms with Gasteiger partial charge in [-0.15, -0.1) is 0 Å². The summed E-state index contributed by atoms with van der Waals surface area (Å²) in [6, 6.07) is 12.6. The number of piperidine rings is 1. The van der Waals surface area contributed by atoms with Gasteiger partial charge >= 0.3 is 0 Å². The SMILES string of the molecule is NCCCC1CC2CCC(C1)N2Cc1ccccc1. The topological polar surface area (TPSA) is 29.3 Å². The lowest BCUT2D eigenvalue weighted by molar-refractivity contribution is 0.0923. The molecule has 2 fully saturated rings. The molecule has 104 valence electrons. The lowest BCUT2D eigenvalue weighted by Crippen LogP contribution is -2.42. The largest absolute Gasteiger partial charge is 0.330 e. The maximum absolute atomic E-state index is 5.65. The van der Waals surface area contributed by atoms with Crippen molar-refractivity contribution >= 4 is 0 Å². The highest BCUT2D eigenvalue weighted by Crippen LogP contribution is 2.40. The Morgan fingerprint density at radius 2 is 1.74 bits per heavy atom. The predicted molar refractivity (Wildman–Crippen MR) is 79.8 cm³/mol. The highest BCUT2D eigenvalue weighted by atomic mass is 15.2. The Labute approximate surface area is 117 Å². The summed E-state index contributed by atoms with van der Waals surface area (Å²) in [5, 5.41) is 0. The molecule has 1 aromatic rings. The second-order valence-corrected chi connectivity index (χ2v) is 6.31. The number of nitrogens with zero attached hydrogens (tertiary/aromatic N) is 1. The van der Waals surface area contributed by atoms with E-state index in [2.05, 4.69) is 35.2 Å². The summed E-state index contributed by atoms with van der Waals surface area (Å²) >= 11 is 0. The van der Waals surface area contributed by atoms with Gasteiger partial charge in [-0.2, -0.15) is 0 Å². The van der Waals surface area contributed by atoms with Crippen molar-refractivity contribution in [2.45, 2.75) is 57.2 Å². The fourth-order valence-corrected chi connectivity index (χ4v) is 4.08. The first-order chi connectivity index (χ1) is 9.36. The fourth-order valence-electron chi connectivity index (χ4n) is 4.08. The van der Waals surface area contributed by atoms with Gasteiger partial charge in [-0.3, -0.25) is 4.90 Å². The zero-order valence-electron chi connectivity index (χ0n) is 11.8. The third-order valence-electron chi connectivity index (χ3n) is 5.01. The normalized spacial score (nSPS) is 30.7. The molecule has 2 nitrogen and oxygen atoms in total. The van der Waals surface area contributed by atoms with Crippen molar-refractivity contribution in [2.24, 2.45) is 11.7 Å². The van der Waals surface area contributed by atoms with Crippen molar-refractivity contribution in [3.05, 3.63) is 35.9 Å². The minimum absolute atomic E-state index is 0.835. The molecule has 2 N–H and O–H groups in total. The molecular weight excluding hydrogens is 232 g/mol. The molecule has 0 aromatic heterocycles. The summed E-state index contributed by atoms with van der Waals surface area (Å²) in [6.45, 7) is 2.01. The van der Waals surface area contributed by atoms with E-state index in [9.17, 15) is 0 Å². The van der Waals surface area contributed by atoms with Gasteiger partial charge in [-0.25, -0.2) is 0 Å². The lowest BCUT2D eigenvalue weighted by Gasteiger charge is -2.39. The van der Waals surface area contributed by atoms with Crippen LogP contribution in [0.2, 0.25) is 0 Å². The molecule has 0 spiro atoms. The van der Waals surface area contributed by atoms with Gasteiger partial charge in [0.05, 0.1) is 0 Å². The van der Waals surface area contributed by atoms with Gasteiger partial charge in [0.25, 0.3) is 0 Å². The van der Waals surface area contributed by atoms with Crippen LogP contribution in [0.4, 0.5) is 0 Å². The highest BCUT2D eigenvalue weighted by Gasteiger charge is 2.39. The molecule has 0 saturated carbocycles. The predicted octanol–water partition coefficient (Wildman–Crippen LogP) is 3.17. The third-order valence-corrected chi connectivity index (χ3v) is 5.01. The second kappa shape index (κ2) is 6.06. The number of hydrogen-bond acceptors (Lipinski definition) is 2. The zero-order chi connectivity index (χ0) is 13.1. The number of rotatable bonds is 5. The van der Waals surface area contributed by atoms with E-state index in [1.165, 1.54) is 44.1 Å². The van der Waals surface area contributed by atoms with Crippen molar-refractivity contribution in [1.29, 1.82) is 0 Å². The molecule has 19 heavy (non-hydrogen) atoms. The molecule has 2 bridgehead atoms. The highest BCUT2D eigenvalue weighted by molar-refractivity contribution is 5.15. The van der Waals surface area contributed by atoms with E-state index in [4.69, 9.17) is 5.73 Å². The first kappa shape index (κ1) is 13.1. The first-order valence-corrected chi connectivity index (χ1v) is 7.86. The summed E-state index contributed by atoms with van der Waals surface area (Å²) < 4.78 is 0. The van der Waals surface area contributed by atoms with E-state index in [0.29, 0.717) is 0 Å². The van der Waals surface area contributed by atoms with Crippen LogP contribution in [0.15, 0.2) is 30.3 Å². The van der Waals surface area contributed by atoms with E-state index < -0.39 is 0 Å². The molecule has 0 amide bonds. The Morgan fingerprint density at radius 1 is 1.05 bits per heavy atom. The van der Waals surface area contributed by atoms with Crippen molar-refractivity contribution in [3.8, 4) is 0 Å². The molecule has 2 unspecified atom stereocenters. The molecule has 0 radical (unpaired) electrons.